The molecule has 0 unspecified atom stereocenters. The van der Waals surface area contributed by atoms with Gasteiger partial charge in [-0.25, -0.2) is 9.87 Å². The summed E-state index contributed by atoms with van der Waals surface area (Å²) in [4.78, 5) is 16.3. The fourth-order valence-electron chi connectivity index (χ4n) is 1.82. The second-order valence-corrected chi connectivity index (χ2v) is 3.87. The van der Waals surface area contributed by atoms with E-state index in [-0.39, 0.29) is 23.6 Å². The van der Waals surface area contributed by atoms with E-state index >= 15 is 0 Å². The van der Waals surface area contributed by atoms with Crippen molar-refractivity contribution in [1.29, 1.82) is 0 Å². The monoisotopic (exact) mass is 223 g/mol. The van der Waals surface area contributed by atoms with Crippen LogP contribution < -0.4 is 5.48 Å². The van der Waals surface area contributed by atoms with Gasteiger partial charge in [0.05, 0.1) is 6.61 Å². The fourth-order valence-corrected chi connectivity index (χ4v) is 1.82. The van der Waals surface area contributed by atoms with Crippen molar-refractivity contribution >= 4 is 5.91 Å². The standard InChI is InChI=1S/C12H14FNO2/c1-2-16-14-12(15)10-7-9(10)8-5-3-4-6-11(8)13/h3-6,9-10H,2,7H2,1H3,(H,14,15)/t9-,10-/m0/s1. The summed E-state index contributed by atoms with van der Waals surface area (Å²) in [5.41, 5.74) is 2.98. The number of rotatable bonds is 4. The number of amides is 1. The third-order valence-electron chi connectivity index (χ3n) is 2.75. The predicted octanol–water partition coefficient (Wildman–Crippen LogP) is 2.00. The van der Waals surface area contributed by atoms with Gasteiger partial charge in [0, 0.05) is 5.92 Å². The maximum absolute atomic E-state index is 13.4. The summed E-state index contributed by atoms with van der Waals surface area (Å²) in [5, 5.41) is 0. The highest BCUT2D eigenvalue weighted by Crippen LogP contribution is 2.48. The van der Waals surface area contributed by atoms with E-state index in [9.17, 15) is 9.18 Å². The molecule has 1 aromatic carbocycles. The third-order valence-corrected chi connectivity index (χ3v) is 2.75. The van der Waals surface area contributed by atoms with E-state index in [0.717, 1.165) is 0 Å². The first-order valence-corrected chi connectivity index (χ1v) is 5.40. The average Bonchev–Trinajstić information content (AvgIpc) is 3.06. The second-order valence-electron chi connectivity index (χ2n) is 3.87. The van der Waals surface area contributed by atoms with Crippen LogP contribution in [-0.2, 0) is 9.63 Å². The molecule has 16 heavy (non-hydrogen) atoms. The number of nitrogens with one attached hydrogen (secondary N) is 1. The molecule has 0 spiro atoms. The molecule has 0 aromatic heterocycles. The molecule has 1 N–H and O–H groups in total. The molecule has 1 aliphatic carbocycles. The molecule has 3 nitrogen and oxygen atoms in total. The van der Waals surface area contributed by atoms with E-state index in [2.05, 4.69) is 5.48 Å². The average molecular weight is 223 g/mol. The minimum atomic E-state index is -0.237. The van der Waals surface area contributed by atoms with Crippen molar-refractivity contribution in [2.24, 2.45) is 5.92 Å². The van der Waals surface area contributed by atoms with Gasteiger partial charge >= 0.3 is 0 Å². The Morgan fingerprint density at radius 2 is 2.31 bits per heavy atom. The van der Waals surface area contributed by atoms with Crippen molar-refractivity contribution in [3.8, 4) is 0 Å². The van der Waals surface area contributed by atoms with Gasteiger partial charge in [-0.3, -0.25) is 9.63 Å². The van der Waals surface area contributed by atoms with Gasteiger partial charge in [-0.1, -0.05) is 18.2 Å². The Hall–Kier alpha value is -1.42. The molecule has 86 valence electrons. The quantitative estimate of drug-likeness (QED) is 0.793. The van der Waals surface area contributed by atoms with Crippen LogP contribution in [0.3, 0.4) is 0 Å². The molecule has 0 bridgehead atoms. The fraction of sp³-hybridized carbons (Fsp3) is 0.417. The lowest BCUT2D eigenvalue weighted by Gasteiger charge is -2.03. The van der Waals surface area contributed by atoms with E-state index in [0.29, 0.717) is 18.6 Å². The van der Waals surface area contributed by atoms with Gasteiger partial charge in [0.25, 0.3) is 0 Å². The molecule has 1 aromatic rings. The molecule has 0 aliphatic heterocycles. The number of hydroxylamine groups is 1. The highest BCUT2D eigenvalue weighted by atomic mass is 19.1. The topological polar surface area (TPSA) is 38.3 Å². The maximum atomic E-state index is 13.4. The highest BCUT2D eigenvalue weighted by molar-refractivity contribution is 5.81. The Bertz CT molecular complexity index is 394. The summed E-state index contributed by atoms with van der Waals surface area (Å²) in [6.07, 6.45) is 0.694. The van der Waals surface area contributed by atoms with Crippen molar-refractivity contribution < 1.29 is 14.0 Å². The number of hydrogen-bond donors (Lipinski definition) is 1. The van der Waals surface area contributed by atoms with E-state index in [4.69, 9.17) is 4.84 Å². The van der Waals surface area contributed by atoms with Crippen molar-refractivity contribution in [3.05, 3.63) is 35.6 Å². The maximum Gasteiger partial charge on any atom is 0.247 e. The van der Waals surface area contributed by atoms with Crippen molar-refractivity contribution in [1.82, 2.24) is 5.48 Å². The van der Waals surface area contributed by atoms with Crippen LogP contribution in [0.25, 0.3) is 0 Å². The smallest absolute Gasteiger partial charge is 0.247 e. The highest BCUT2D eigenvalue weighted by Gasteiger charge is 2.45. The van der Waals surface area contributed by atoms with Gasteiger partial charge in [0.15, 0.2) is 0 Å². The van der Waals surface area contributed by atoms with Gasteiger partial charge in [0.2, 0.25) is 5.91 Å². The largest absolute Gasteiger partial charge is 0.274 e. The lowest BCUT2D eigenvalue weighted by Crippen LogP contribution is -2.25. The molecule has 2 atom stereocenters. The SMILES string of the molecule is CCONC(=O)[C@H]1C[C@H]1c1ccccc1F. The van der Waals surface area contributed by atoms with E-state index in [1.165, 1.54) is 6.07 Å². The molecule has 1 fully saturated rings. The van der Waals surface area contributed by atoms with Gasteiger partial charge in [-0.2, -0.15) is 0 Å². The van der Waals surface area contributed by atoms with Gasteiger partial charge in [-0.05, 0) is 30.9 Å². The number of halogens is 1. The Labute approximate surface area is 93.6 Å². The Morgan fingerprint density at radius 1 is 1.56 bits per heavy atom. The van der Waals surface area contributed by atoms with Gasteiger partial charge < -0.3 is 0 Å². The van der Waals surface area contributed by atoms with E-state index < -0.39 is 0 Å². The lowest BCUT2D eigenvalue weighted by molar-refractivity contribution is -0.134. The summed E-state index contributed by atoms with van der Waals surface area (Å²) in [5.74, 6) is -0.542. The molecular formula is C12H14FNO2. The van der Waals surface area contributed by atoms with Crippen LogP contribution in [0.15, 0.2) is 24.3 Å². The molecule has 2 rings (SSSR count). The number of hydrogen-bond acceptors (Lipinski definition) is 2. The van der Waals surface area contributed by atoms with Gasteiger partial charge in [-0.15, -0.1) is 0 Å². The van der Waals surface area contributed by atoms with E-state index in [1.807, 2.05) is 0 Å². The van der Waals surface area contributed by atoms with Crippen LogP contribution in [0.4, 0.5) is 4.39 Å². The normalized spacial score (nSPS) is 22.9. The van der Waals surface area contributed by atoms with Crippen LogP contribution in [0.2, 0.25) is 0 Å². The molecule has 1 amide bonds. The van der Waals surface area contributed by atoms with Crippen LogP contribution >= 0.6 is 0 Å². The van der Waals surface area contributed by atoms with Crippen LogP contribution in [0.5, 0.6) is 0 Å². The first kappa shape index (κ1) is 11.1. The first-order chi connectivity index (χ1) is 7.74. The van der Waals surface area contributed by atoms with E-state index in [1.54, 1.807) is 25.1 Å². The molecule has 1 saturated carbocycles. The molecule has 1 aliphatic rings. The zero-order valence-corrected chi connectivity index (χ0v) is 9.07. The molecule has 0 heterocycles. The Balaban J connectivity index is 1.96. The number of carbonyl (C=O) groups excluding carboxylic acids is 1. The summed E-state index contributed by atoms with van der Waals surface area (Å²) < 4.78 is 13.4. The predicted molar refractivity (Wildman–Crippen MR) is 57.0 cm³/mol. The summed E-state index contributed by atoms with van der Waals surface area (Å²) in [6.45, 7) is 2.23. The second kappa shape index (κ2) is 4.61. The minimum absolute atomic E-state index is 0.00153. The van der Waals surface area contributed by atoms with Crippen LogP contribution in [0.1, 0.15) is 24.8 Å². The van der Waals surface area contributed by atoms with Crippen molar-refractivity contribution in [3.63, 3.8) is 0 Å². The number of benzene rings is 1. The molecular weight excluding hydrogens is 209 g/mol. The van der Waals surface area contributed by atoms with Gasteiger partial charge in [0.1, 0.15) is 5.82 Å². The third kappa shape index (κ3) is 2.22. The summed E-state index contributed by atoms with van der Waals surface area (Å²) in [7, 11) is 0. The minimum Gasteiger partial charge on any atom is -0.274 e. The van der Waals surface area contributed by atoms with Crippen molar-refractivity contribution in [2.45, 2.75) is 19.3 Å². The van der Waals surface area contributed by atoms with Crippen LogP contribution in [0, 0.1) is 11.7 Å². The molecule has 0 radical (unpaired) electrons. The summed E-state index contributed by atoms with van der Waals surface area (Å²) >= 11 is 0. The van der Waals surface area contributed by atoms with Crippen molar-refractivity contribution in [2.75, 3.05) is 6.61 Å². The van der Waals surface area contributed by atoms with Crippen LogP contribution in [-0.4, -0.2) is 12.5 Å². The Morgan fingerprint density at radius 3 is 3.00 bits per heavy atom. The molecule has 4 heteroatoms. The first-order valence-electron chi connectivity index (χ1n) is 5.40. The zero-order chi connectivity index (χ0) is 11.5. The molecule has 0 saturated heterocycles. The Kier molecular flexibility index (Phi) is 3.19. The number of carbonyl (C=O) groups is 1. The summed E-state index contributed by atoms with van der Waals surface area (Å²) in [6, 6.07) is 6.59. The lowest BCUT2D eigenvalue weighted by atomic mass is 10.1. The zero-order valence-electron chi connectivity index (χ0n) is 9.07.